The number of ether oxygens (including phenoxy) is 1. The van der Waals surface area contributed by atoms with Crippen molar-refractivity contribution in [3.63, 3.8) is 0 Å². The molecule has 2 atom stereocenters. The van der Waals surface area contributed by atoms with Crippen LogP contribution in [0.5, 0.6) is 0 Å². The molecular weight excluding hydrogens is 228 g/mol. The molecule has 0 aromatic heterocycles. The second-order valence-corrected chi connectivity index (χ2v) is 3.96. The lowest BCUT2D eigenvalue weighted by Gasteiger charge is -2.18. The molecular formula is C10H16N2O5. The van der Waals surface area contributed by atoms with Gasteiger partial charge in [0.05, 0.1) is 13.0 Å². The van der Waals surface area contributed by atoms with Crippen molar-refractivity contribution in [1.82, 2.24) is 10.2 Å². The van der Waals surface area contributed by atoms with E-state index in [1.165, 1.54) is 18.9 Å². The molecule has 1 aliphatic rings. The van der Waals surface area contributed by atoms with Gasteiger partial charge in [-0.05, 0) is 13.3 Å². The first-order valence-corrected chi connectivity index (χ1v) is 5.31. The highest BCUT2D eigenvalue weighted by Gasteiger charge is 2.32. The maximum Gasteiger partial charge on any atom is 0.325 e. The maximum absolute atomic E-state index is 11.6. The van der Waals surface area contributed by atoms with E-state index in [9.17, 15) is 14.4 Å². The SMILES string of the molecule is COC(=O)C1CCN(C(=O)N[C@H](C)C(=O)O)C1. The number of amides is 2. The van der Waals surface area contributed by atoms with Gasteiger partial charge in [-0.2, -0.15) is 0 Å². The zero-order valence-electron chi connectivity index (χ0n) is 9.80. The van der Waals surface area contributed by atoms with E-state index >= 15 is 0 Å². The minimum Gasteiger partial charge on any atom is -0.480 e. The van der Waals surface area contributed by atoms with Crippen molar-refractivity contribution in [1.29, 1.82) is 0 Å². The number of carbonyl (C=O) groups is 3. The molecule has 1 fully saturated rings. The molecule has 1 unspecified atom stereocenters. The Morgan fingerprint density at radius 3 is 2.65 bits per heavy atom. The highest BCUT2D eigenvalue weighted by atomic mass is 16.5. The molecule has 0 aromatic rings. The summed E-state index contributed by atoms with van der Waals surface area (Å²) in [6, 6.07) is -1.41. The largest absolute Gasteiger partial charge is 0.480 e. The molecule has 0 spiro atoms. The third kappa shape index (κ3) is 3.33. The van der Waals surface area contributed by atoms with Crippen LogP contribution in [0.15, 0.2) is 0 Å². The van der Waals surface area contributed by atoms with Gasteiger partial charge in [0, 0.05) is 13.1 Å². The van der Waals surface area contributed by atoms with Crippen molar-refractivity contribution >= 4 is 18.0 Å². The van der Waals surface area contributed by atoms with Gasteiger partial charge >= 0.3 is 18.0 Å². The third-order valence-electron chi connectivity index (χ3n) is 2.72. The van der Waals surface area contributed by atoms with E-state index in [-0.39, 0.29) is 18.4 Å². The highest BCUT2D eigenvalue weighted by molar-refractivity contribution is 5.83. The minimum absolute atomic E-state index is 0.269. The first-order valence-electron chi connectivity index (χ1n) is 5.31. The van der Waals surface area contributed by atoms with E-state index in [0.717, 1.165) is 0 Å². The fraction of sp³-hybridized carbons (Fsp3) is 0.700. The molecule has 0 aliphatic carbocycles. The summed E-state index contributed by atoms with van der Waals surface area (Å²) >= 11 is 0. The number of carboxylic acids is 1. The Balaban J connectivity index is 2.45. The normalized spacial score (nSPS) is 20.8. The van der Waals surface area contributed by atoms with E-state index in [1.54, 1.807) is 0 Å². The first kappa shape index (κ1) is 13.3. The number of urea groups is 1. The van der Waals surface area contributed by atoms with Crippen LogP contribution in [0.25, 0.3) is 0 Å². The Bertz CT molecular complexity index is 331. The molecule has 0 bridgehead atoms. The molecule has 2 amide bonds. The summed E-state index contributed by atoms with van der Waals surface area (Å²) in [7, 11) is 1.30. The molecule has 1 heterocycles. The minimum atomic E-state index is -1.10. The van der Waals surface area contributed by atoms with Gasteiger partial charge in [0.2, 0.25) is 0 Å². The van der Waals surface area contributed by atoms with E-state index in [0.29, 0.717) is 13.0 Å². The average Bonchev–Trinajstić information content (AvgIpc) is 2.77. The number of nitrogens with one attached hydrogen (secondary N) is 1. The van der Waals surface area contributed by atoms with Crippen molar-refractivity contribution in [2.24, 2.45) is 5.92 Å². The van der Waals surface area contributed by atoms with Crippen LogP contribution in [0.4, 0.5) is 4.79 Å². The van der Waals surface area contributed by atoms with Crippen molar-refractivity contribution in [3.05, 3.63) is 0 Å². The highest BCUT2D eigenvalue weighted by Crippen LogP contribution is 2.17. The topological polar surface area (TPSA) is 95.9 Å². The molecule has 1 saturated heterocycles. The molecule has 2 N–H and O–H groups in total. The Kier molecular flexibility index (Phi) is 4.30. The number of esters is 1. The van der Waals surface area contributed by atoms with Gasteiger partial charge in [-0.1, -0.05) is 0 Å². The number of rotatable bonds is 3. The molecule has 1 aliphatic heterocycles. The number of methoxy groups -OCH3 is 1. The summed E-state index contributed by atoms with van der Waals surface area (Å²) in [5.41, 5.74) is 0. The summed E-state index contributed by atoms with van der Waals surface area (Å²) in [6.45, 7) is 2.08. The van der Waals surface area contributed by atoms with E-state index in [4.69, 9.17) is 5.11 Å². The summed E-state index contributed by atoms with van der Waals surface area (Å²) < 4.78 is 4.59. The zero-order chi connectivity index (χ0) is 13.0. The quantitative estimate of drug-likeness (QED) is 0.662. The fourth-order valence-corrected chi connectivity index (χ4v) is 1.64. The Hall–Kier alpha value is -1.79. The molecule has 96 valence electrons. The van der Waals surface area contributed by atoms with Crippen LogP contribution in [-0.4, -0.2) is 54.2 Å². The lowest BCUT2D eigenvalue weighted by Crippen LogP contribution is -2.46. The predicted octanol–water partition coefficient (Wildman–Crippen LogP) is -0.336. The van der Waals surface area contributed by atoms with Gasteiger partial charge in [-0.25, -0.2) is 4.79 Å². The van der Waals surface area contributed by atoms with Crippen LogP contribution < -0.4 is 5.32 Å². The summed E-state index contributed by atoms with van der Waals surface area (Å²) in [5.74, 6) is -1.75. The molecule has 7 heteroatoms. The van der Waals surface area contributed by atoms with Gasteiger partial charge in [-0.15, -0.1) is 0 Å². The second kappa shape index (κ2) is 5.51. The second-order valence-electron chi connectivity index (χ2n) is 3.96. The summed E-state index contributed by atoms with van der Waals surface area (Å²) in [5, 5.41) is 11.0. The van der Waals surface area contributed by atoms with Gasteiger partial charge in [0.15, 0.2) is 0 Å². The van der Waals surface area contributed by atoms with Crippen LogP contribution in [0.3, 0.4) is 0 Å². The monoisotopic (exact) mass is 244 g/mol. The maximum atomic E-state index is 11.6. The Labute approximate surface area is 98.7 Å². The number of carbonyl (C=O) groups excluding carboxylic acids is 2. The Morgan fingerprint density at radius 1 is 1.47 bits per heavy atom. The van der Waals surface area contributed by atoms with Crippen LogP contribution in [0, 0.1) is 5.92 Å². The molecule has 1 rings (SSSR count). The van der Waals surface area contributed by atoms with E-state index < -0.39 is 18.0 Å². The predicted molar refractivity (Wildman–Crippen MR) is 57.3 cm³/mol. The van der Waals surface area contributed by atoms with Crippen molar-refractivity contribution in [2.45, 2.75) is 19.4 Å². The Morgan fingerprint density at radius 2 is 2.12 bits per heavy atom. The van der Waals surface area contributed by atoms with E-state index in [2.05, 4.69) is 10.1 Å². The number of nitrogens with zero attached hydrogens (tertiary/aromatic N) is 1. The first-order chi connectivity index (χ1) is 7.95. The number of hydrogen-bond acceptors (Lipinski definition) is 4. The summed E-state index contributed by atoms with van der Waals surface area (Å²) in [4.78, 5) is 34.8. The van der Waals surface area contributed by atoms with Crippen LogP contribution in [0.2, 0.25) is 0 Å². The van der Waals surface area contributed by atoms with Gasteiger partial charge < -0.3 is 20.1 Å². The van der Waals surface area contributed by atoms with E-state index in [1.807, 2.05) is 0 Å². The zero-order valence-corrected chi connectivity index (χ0v) is 9.80. The van der Waals surface area contributed by atoms with Gasteiger partial charge in [0.1, 0.15) is 6.04 Å². The van der Waals surface area contributed by atoms with Crippen molar-refractivity contribution in [2.75, 3.05) is 20.2 Å². The summed E-state index contributed by atoms with van der Waals surface area (Å²) in [6.07, 6.45) is 0.543. The number of carboxylic acid groups (broad SMARTS) is 1. The molecule has 0 radical (unpaired) electrons. The van der Waals surface area contributed by atoms with Gasteiger partial charge in [-0.3, -0.25) is 9.59 Å². The molecule has 17 heavy (non-hydrogen) atoms. The fourth-order valence-electron chi connectivity index (χ4n) is 1.64. The number of likely N-dealkylation sites (tertiary alicyclic amines) is 1. The molecule has 0 saturated carbocycles. The van der Waals surface area contributed by atoms with Crippen molar-refractivity contribution in [3.8, 4) is 0 Å². The number of hydrogen-bond donors (Lipinski definition) is 2. The average molecular weight is 244 g/mol. The smallest absolute Gasteiger partial charge is 0.325 e. The van der Waals surface area contributed by atoms with Crippen LogP contribution >= 0.6 is 0 Å². The lowest BCUT2D eigenvalue weighted by molar-refractivity contribution is -0.145. The standard InChI is InChI=1S/C10H16N2O5/c1-6(8(13)14)11-10(16)12-4-3-7(5-12)9(15)17-2/h6-7H,3-5H2,1-2H3,(H,11,16)(H,13,14)/t6-,7?/m1/s1. The molecule has 0 aromatic carbocycles. The van der Waals surface area contributed by atoms with Crippen molar-refractivity contribution < 1.29 is 24.2 Å². The van der Waals surface area contributed by atoms with Crippen LogP contribution in [0.1, 0.15) is 13.3 Å². The third-order valence-corrected chi connectivity index (χ3v) is 2.72. The van der Waals surface area contributed by atoms with Gasteiger partial charge in [0.25, 0.3) is 0 Å². The lowest BCUT2D eigenvalue weighted by atomic mass is 10.1. The number of aliphatic carboxylic acids is 1. The molecule has 7 nitrogen and oxygen atoms in total. The van der Waals surface area contributed by atoms with Crippen LogP contribution in [-0.2, 0) is 14.3 Å².